The van der Waals surface area contributed by atoms with Crippen molar-refractivity contribution in [3.63, 3.8) is 0 Å². The molecule has 3 nitrogen and oxygen atoms in total. The van der Waals surface area contributed by atoms with Crippen LogP contribution in [0.3, 0.4) is 0 Å². The fourth-order valence-corrected chi connectivity index (χ4v) is 1.95. The Labute approximate surface area is 116 Å². The average Bonchev–Trinajstić information content (AvgIpc) is 2.42. The van der Waals surface area contributed by atoms with Crippen LogP contribution in [0.4, 0.5) is 0 Å². The minimum absolute atomic E-state index is 0.181. The quantitative estimate of drug-likeness (QED) is 0.671. The highest BCUT2D eigenvalue weighted by molar-refractivity contribution is 5.75. The SMILES string of the molecule is CNCCCNC(=O)CCCCc1ccc(C)cc1. The van der Waals surface area contributed by atoms with Crippen LogP contribution in [0.5, 0.6) is 0 Å². The molecule has 0 unspecified atom stereocenters. The van der Waals surface area contributed by atoms with Crippen molar-refractivity contribution in [3.05, 3.63) is 35.4 Å². The van der Waals surface area contributed by atoms with Gasteiger partial charge in [-0.2, -0.15) is 0 Å². The van der Waals surface area contributed by atoms with Gasteiger partial charge in [-0.15, -0.1) is 0 Å². The third kappa shape index (κ3) is 7.62. The second-order valence-electron chi connectivity index (χ2n) is 5.00. The number of aryl methyl sites for hydroxylation is 2. The minimum Gasteiger partial charge on any atom is -0.356 e. The molecule has 0 radical (unpaired) electrons. The first-order valence-corrected chi connectivity index (χ1v) is 7.19. The molecular formula is C16H26N2O. The van der Waals surface area contributed by atoms with Crippen molar-refractivity contribution in [1.82, 2.24) is 10.6 Å². The van der Waals surface area contributed by atoms with Gasteiger partial charge in [0.25, 0.3) is 0 Å². The number of hydrogen-bond donors (Lipinski definition) is 2. The van der Waals surface area contributed by atoms with E-state index in [1.54, 1.807) is 0 Å². The Hall–Kier alpha value is -1.35. The van der Waals surface area contributed by atoms with Gasteiger partial charge in [-0.3, -0.25) is 4.79 Å². The van der Waals surface area contributed by atoms with Gasteiger partial charge in [0, 0.05) is 13.0 Å². The van der Waals surface area contributed by atoms with Gasteiger partial charge >= 0.3 is 0 Å². The van der Waals surface area contributed by atoms with E-state index in [4.69, 9.17) is 0 Å². The summed E-state index contributed by atoms with van der Waals surface area (Å²) in [5.74, 6) is 0.181. The Kier molecular flexibility index (Phi) is 7.91. The van der Waals surface area contributed by atoms with Crippen LogP contribution in [0, 0.1) is 6.92 Å². The molecule has 0 saturated heterocycles. The molecule has 0 spiro atoms. The van der Waals surface area contributed by atoms with Crippen LogP contribution in [-0.4, -0.2) is 26.0 Å². The van der Waals surface area contributed by atoms with Crippen LogP contribution in [0.25, 0.3) is 0 Å². The number of nitrogens with one attached hydrogen (secondary N) is 2. The lowest BCUT2D eigenvalue weighted by molar-refractivity contribution is -0.121. The van der Waals surface area contributed by atoms with Crippen molar-refractivity contribution in [2.24, 2.45) is 0 Å². The Bertz CT molecular complexity index is 360. The Morgan fingerprint density at radius 1 is 1.05 bits per heavy atom. The number of hydrogen-bond acceptors (Lipinski definition) is 2. The molecule has 0 aliphatic carbocycles. The molecule has 106 valence electrons. The maximum Gasteiger partial charge on any atom is 0.219 e. The number of benzene rings is 1. The molecule has 1 aromatic rings. The maximum absolute atomic E-state index is 11.5. The molecule has 1 rings (SSSR count). The van der Waals surface area contributed by atoms with E-state index in [9.17, 15) is 4.79 Å². The highest BCUT2D eigenvalue weighted by atomic mass is 16.1. The molecule has 0 heterocycles. The molecule has 0 fully saturated rings. The van der Waals surface area contributed by atoms with Gasteiger partial charge < -0.3 is 10.6 Å². The molecule has 1 amide bonds. The van der Waals surface area contributed by atoms with Crippen LogP contribution < -0.4 is 10.6 Å². The van der Waals surface area contributed by atoms with Crippen molar-refractivity contribution >= 4 is 5.91 Å². The topological polar surface area (TPSA) is 41.1 Å². The smallest absolute Gasteiger partial charge is 0.219 e. The number of carbonyl (C=O) groups is 1. The van der Waals surface area contributed by atoms with Gasteiger partial charge in [-0.25, -0.2) is 0 Å². The lowest BCUT2D eigenvalue weighted by atomic mass is 10.1. The van der Waals surface area contributed by atoms with Crippen LogP contribution in [0.15, 0.2) is 24.3 Å². The Morgan fingerprint density at radius 2 is 1.79 bits per heavy atom. The Balaban J connectivity index is 2.03. The maximum atomic E-state index is 11.5. The first kappa shape index (κ1) is 15.7. The molecule has 0 aliphatic heterocycles. The minimum atomic E-state index is 0.181. The molecule has 19 heavy (non-hydrogen) atoms. The second kappa shape index (κ2) is 9.56. The highest BCUT2D eigenvalue weighted by Gasteiger charge is 2.00. The number of amides is 1. The zero-order valence-corrected chi connectivity index (χ0v) is 12.2. The lowest BCUT2D eigenvalue weighted by Crippen LogP contribution is -2.26. The molecule has 0 saturated carbocycles. The van der Waals surface area contributed by atoms with Gasteiger partial charge in [0.15, 0.2) is 0 Å². The van der Waals surface area contributed by atoms with Gasteiger partial charge in [-0.1, -0.05) is 29.8 Å². The molecular weight excluding hydrogens is 236 g/mol. The monoisotopic (exact) mass is 262 g/mol. The van der Waals surface area contributed by atoms with Crippen molar-refractivity contribution in [1.29, 1.82) is 0 Å². The molecule has 3 heteroatoms. The van der Waals surface area contributed by atoms with E-state index in [1.165, 1.54) is 11.1 Å². The summed E-state index contributed by atoms with van der Waals surface area (Å²) in [5, 5.41) is 6.01. The summed E-state index contributed by atoms with van der Waals surface area (Å²) in [5.41, 5.74) is 2.66. The normalized spacial score (nSPS) is 10.4. The van der Waals surface area contributed by atoms with E-state index >= 15 is 0 Å². The number of carbonyl (C=O) groups excluding carboxylic acids is 1. The van der Waals surface area contributed by atoms with E-state index in [0.717, 1.165) is 38.8 Å². The van der Waals surface area contributed by atoms with E-state index in [0.29, 0.717) is 6.42 Å². The van der Waals surface area contributed by atoms with Crippen molar-refractivity contribution < 1.29 is 4.79 Å². The van der Waals surface area contributed by atoms with Crippen molar-refractivity contribution in [2.75, 3.05) is 20.1 Å². The summed E-state index contributed by atoms with van der Waals surface area (Å²) in [6, 6.07) is 8.63. The number of rotatable bonds is 9. The molecule has 2 N–H and O–H groups in total. The van der Waals surface area contributed by atoms with Crippen LogP contribution in [0.2, 0.25) is 0 Å². The molecule has 0 aliphatic rings. The third-order valence-electron chi connectivity index (χ3n) is 3.17. The number of unbranched alkanes of at least 4 members (excludes halogenated alkanes) is 1. The summed E-state index contributed by atoms with van der Waals surface area (Å²) in [6.45, 7) is 3.83. The predicted octanol–water partition coefficient (Wildman–Crippen LogP) is 2.43. The van der Waals surface area contributed by atoms with Gasteiger partial charge in [0.1, 0.15) is 0 Å². The fraction of sp³-hybridized carbons (Fsp3) is 0.562. The molecule has 1 aromatic carbocycles. The largest absolute Gasteiger partial charge is 0.356 e. The van der Waals surface area contributed by atoms with Crippen LogP contribution in [0.1, 0.15) is 36.8 Å². The van der Waals surface area contributed by atoms with Gasteiger partial charge in [0.05, 0.1) is 0 Å². The van der Waals surface area contributed by atoms with E-state index in [-0.39, 0.29) is 5.91 Å². The summed E-state index contributed by atoms with van der Waals surface area (Å²) in [7, 11) is 1.92. The van der Waals surface area contributed by atoms with E-state index in [2.05, 4.69) is 41.8 Å². The zero-order valence-electron chi connectivity index (χ0n) is 12.2. The van der Waals surface area contributed by atoms with Gasteiger partial charge in [-0.05, 0) is 51.8 Å². The standard InChI is InChI=1S/C16H26N2O/c1-14-8-10-15(11-9-14)6-3-4-7-16(19)18-13-5-12-17-2/h8-11,17H,3-7,12-13H2,1-2H3,(H,18,19). The fourth-order valence-electron chi connectivity index (χ4n) is 1.95. The summed E-state index contributed by atoms with van der Waals surface area (Å²) in [4.78, 5) is 11.5. The zero-order chi connectivity index (χ0) is 13.9. The van der Waals surface area contributed by atoms with Gasteiger partial charge in [0.2, 0.25) is 5.91 Å². The van der Waals surface area contributed by atoms with Crippen molar-refractivity contribution in [2.45, 2.75) is 39.0 Å². The van der Waals surface area contributed by atoms with Crippen molar-refractivity contribution in [3.8, 4) is 0 Å². The average molecular weight is 262 g/mol. The third-order valence-corrected chi connectivity index (χ3v) is 3.17. The summed E-state index contributed by atoms with van der Waals surface area (Å²) < 4.78 is 0. The predicted molar refractivity (Wildman–Crippen MR) is 80.3 cm³/mol. The first-order chi connectivity index (χ1) is 9.22. The summed E-state index contributed by atoms with van der Waals surface area (Å²) >= 11 is 0. The first-order valence-electron chi connectivity index (χ1n) is 7.19. The molecule has 0 atom stereocenters. The highest BCUT2D eigenvalue weighted by Crippen LogP contribution is 2.08. The molecule has 0 bridgehead atoms. The Morgan fingerprint density at radius 3 is 2.47 bits per heavy atom. The lowest BCUT2D eigenvalue weighted by Gasteiger charge is -2.05. The van der Waals surface area contributed by atoms with Crippen LogP contribution >= 0.6 is 0 Å². The van der Waals surface area contributed by atoms with E-state index < -0.39 is 0 Å². The second-order valence-corrected chi connectivity index (χ2v) is 5.00. The van der Waals surface area contributed by atoms with Crippen LogP contribution in [-0.2, 0) is 11.2 Å². The summed E-state index contributed by atoms with van der Waals surface area (Å²) in [6.07, 6.45) is 4.74. The molecule has 0 aromatic heterocycles. The van der Waals surface area contributed by atoms with E-state index in [1.807, 2.05) is 7.05 Å².